The molecular formula is C22H21N3O4S. The van der Waals surface area contributed by atoms with Crippen molar-refractivity contribution in [2.45, 2.75) is 11.8 Å². The van der Waals surface area contributed by atoms with Crippen LogP contribution in [0.2, 0.25) is 0 Å². The minimum absolute atomic E-state index is 0.0171. The third-order valence-corrected chi connectivity index (χ3v) is 6.06. The van der Waals surface area contributed by atoms with E-state index in [0.717, 1.165) is 9.87 Å². The third-order valence-electron chi connectivity index (χ3n) is 4.27. The van der Waals surface area contributed by atoms with E-state index in [9.17, 15) is 18.3 Å². The van der Waals surface area contributed by atoms with Gasteiger partial charge in [-0.2, -0.15) is 5.10 Å². The molecule has 0 saturated heterocycles. The summed E-state index contributed by atoms with van der Waals surface area (Å²) in [5, 5.41) is 13.5. The van der Waals surface area contributed by atoms with Gasteiger partial charge in [0.05, 0.1) is 16.8 Å². The molecule has 2 N–H and O–H groups in total. The van der Waals surface area contributed by atoms with Crippen LogP contribution in [0, 0.1) is 6.92 Å². The molecule has 30 heavy (non-hydrogen) atoms. The number of aromatic hydroxyl groups is 1. The SMILES string of the molecule is Cc1ccc(N(CC(=O)NN=Cc2ccccc2O)S(=O)(=O)c2ccccc2)cc1. The van der Waals surface area contributed by atoms with Gasteiger partial charge in [-0.05, 0) is 43.3 Å². The van der Waals surface area contributed by atoms with E-state index in [2.05, 4.69) is 10.5 Å². The number of carbonyl (C=O) groups excluding carboxylic acids is 1. The molecule has 1 amide bonds. The number of rotatable bonds is 7. The fourth-order valence-corrected chi connectivity index (χ4v) is 4.12. The molecule has 0 aliphatic rings. The highest BCUT2D eigenvalue weighted by Gasteiger charge is 2.26. The Morgan fingerprint density at radius 1 is 1.00 bits per heavy atom. The third kappa shape index (κ3) is 5.03. The van der Waals surface area contributed by atoms with Gasteiger partial charge in [0, 0.05) is 5.56 Å². The van der Waals surface area contributed by atoms with Gasteiger partial charge < -0.3 is 5.11 Å². The highest BCUT2D eigenvalue weighted by Crippen LogP contribution is 2.23. The van der Waals surface area contributed by atoms with Crippen LogP contribution in [0.25, 0.3) is 0 Å². The van der Waals surface area contributed by atoms with Gasteiger partial charge in [0.1, 0.15) is 12.3 Å². The number of phenols is 1. The Morgan fingerprint density at radius 2 is 1.63 bits per heavy atom. The van der Waals surface area contributed by atoms with E-state index < -0.39 is 22.5 Å². The number of aryl methyl sites for hydroxylation is 1. The smallest absolute Gasteiger partial charge is 0.264 e. The molecule has 8 heteroatoms. The number of nitrogens with zero attached hydrogens (tertiary/aromatic N) is 2. The maximum Gasteiger partial charge on any atom is 0.264 e. The lowest BCUT2D eigenvalue weighted by Gasteiger charge is -2.23. The summed E-state index contributed by atoms with van der Waals surface area (Å²) in [6, 6.07) is 21.3. The van der Waals surface area contributed by atoms with Crippen molar-refractivity contribution >= 4 is 27.8 Å². The first kappa shape index (κ1) is 21.1. The quantitative estimate of drug-likeness (QED) is 0.451. The first-order chi connectivity index (χ1) is 14.4. The Balaban J connectivity index is 1.83. The molecule has 0 aromatic heterocycles. The van der Waals surface area contributed by atoms with Crippen LogP contribution in [0.4, 0.5) is 5.69 Å². The van der Waals surface area contributed by atoms with Crippen LogP contribution in [0.3, 0.4) is 0 Å². The monoisotopic (exact) mass is 423 g/mol. The maximum atomic E-state index is 13.2. The summed E-state index contributed by atoms with van der Waals surface area (Å²) in [7, 11) is -3.97. The molecule has 0 spiro atoms. The largest absolute Gasteiger partial charge is 0.507 e. The van der Waals surface area contributed by atoms with E-state index in [1.807, 2.05) is 6.92 Å². The summed E-state index contributed by atoms with van der Waals surface area (Å²) in [6.07, 6.45) is 1.29. The topological polar surface area (TPSA) is 99.1 Å². The highest BCUT2D eigenvalue weighted by atomic mass is 32.2. The van der Waals surface area contributed by atoms with E-state index in [4.69, 9.17) is 0 Å². The standard InChI is InChI=1S/C22H21N3O4S/c1-17-11-13-19(14-12-17)25(30(28,29)20-8-3-2-4-9-20)16-22(27)24-23-15-18-7-5-6-10-21(18)26/h2-15,26H,16H2,1H3,(H,24,27). The molecule has 154 valence electrons. The van der Waals surface area contributed by atoms with Crippen molar-refractivity contribution in [2.24, 2.45) is 5.10 Å². The summed E-state index contributed by atoms with van der Waals surface area (Å²) >= 11 is 0. The van der Waals surface area contributed by atoms with Crippen LogP contribution in [0.5, 0.6) is 5.75 Å². The van der Waals surface area contributed by atoms with Gasteiger partial charge in [0.15, 0.2) is 0 Å². The predicted molar refractivity (Wildman–Crippen MR) is 116 cm³/mol. The van der Waals surface area contributed by atoms with Gasteiger partial charge in [-0.3, -0.25) is 9.10 Å². The first-order valence-electron chi connectivity index (χ1n) is 9.12. The fraction of sp³-hybridized carbons (Fsp3) is 0.0909. The van der Waals surface area contributed by atoms with E-state index >= 15 is 0 Å². The number of carbonyl (C=O) groups is 1. The summed E-state index contributed by atoms with van der Waals surface area (Å²) < 4.78 is 27.4. The molecule has 0 unspecified atom stereocenters. The van der Waals surface area contributed by atoms with E-state index in [1.54, 1.807) is 60.7 Å². The number of hydrazone groups is 1. The molecule has 0 saturated carbocycles. The van der Waals surface area contributed by atoms with Crippen LogP contribution in [0.1, 0.15) is 11.1 Å². The number of hydrogen-bond donors (Lipinski definition) is 2. The number of benzene rings is 3. The van der Waals surface area contributed by atoms with Crippen molar-refractivity contribution in [1.29, 1.82) is 0 Å². The zero-order valence-electron chi connectivity index (χ0n) is 16.3. The molecule has 0 fully saturated rings. The van der Waals surface area contributed by atoms with Crippen LogP contribution in [-0.2, 0) is 14.8 Å². The molecule has 3 aromatic carbocycles. The van der Waals surface area contributed by atoms with E-state index in [0.29, 0.717) is 11.3 Å². The van der Waals surface area contributed by atoms with E-state index in [-0.39, 0.29) is 10.6 Å². The van der Waals surface area contributed by atoms with Crippen LogP contribution < -0.4 is 9.73 Å². The first-order valence-corrected chi connectivity index (χ1v) is 10.6. The lowest BCUT2D eigenvalue weighted by molar-refractivity contribution is -0.119. The van der Waals surface area contributed by atoms with Gasteiger partial charge in [-0.25, -0.2) is 13.8 Å². The second-order valence-corrected chi connectivity index (χ2v) is 8.37. The van der Waals surface area contributed by atoms with Crippen molar-refractivity contribution in [3.8, 4) is 5.75 Å². The number of anilines is 1. The van der Waals surface area contributed by atoms with Crippen molar-refractivity contribution in [1.82, 2.24) is 5.43 Å². The molecule has 0 heterocycles. The summed E-state index contributed by atoms with van der Waals surface area (Å²) in [5.41, 5.74) is 4.06. The minimum atomic E-state index is -3.97. The van der Waals surface area contributed by atoms with Gasteiger partial charge in [-0.1, -0.05) is 48.0 Å². The normalized spacial score (nSPS) is 11.4. The minimum Gasteiger partial charge on any atom is -0.507 e. The van der Waals surface area contributed by atoms with E-state index in [1.165, 1.54) is 24.4 Å². The van der Waals surface area contributed by atoms with Crippen LogP contribution in [0.15, 0.2) is 88.9 Å². The van der Waals surface area contributed by atoms with Crippen molar-refractivity contribution in [3.05, 3.63) is 90.0 Å². The molecule has 0 aliphatic heterocycles. The summed E-state index contributed by atoms with van der Waals surface area (Å²) in [4.78, 5) is 12.5. The number of sulfonamides is 1. The van der Waals surface area contributed by atoms with Gasteiger partial charge in [0.25, 0.3) is 15.9 Å². The number of phenolic OH excluding ortho intramolecular Hbond substituents is 1. The molecule has 0 bridgehead atoms. The number of amides is 1. The van der Waals surface area contributed by atoms with Crippen LogP contribution >= 0.6 is 0 Å². The Bertz CT molecular complexity index is 1140. The Kier molecular flexibility index (Phi) is 6.48. The zero-order valence-corrected chi connectivity index (χ0v) is 17.1. The average molecular weight is 423 g/mol. The number of nitrogens with one attached hydrogen (secondary N) is 1. The second-order valence-electron chi connectivity index (χ2n) is 6.51. The Morgan fingerprint density at radius 3 is 2.30 bits per heavy atom. The van der Waals surface area contributed by atoms with Crippen molar-refractivity contribution in [3.63, 3.8) is 0 Å². The van der Waals surface area contributed by atoms with Gasteiger partial charge >= 0.3 is 0 Å². The molecule has 0 atom stereocenters. The maximum absolute atomic E-state index is 13.2. The molecular weight excluding hydrogens is 402 g/mol. The average Bonchev–Trinajstić information content (AvgIpc) is 2.75. The second kappa shape index (κ2) is 9.23. The van der Waals surface area contributed by atoms with Gasteiger partial charge in [-0.15, -0.1) is 0 Å². The molecule has 0 aliphatic carbocycles. The van der Waals surface area contributed by atoms with Crippen molar-refractivity contribution in [2.75, 3.05) is 10.8 Å². The van der Waals surface area contributed by atoms with Gasteiger partial charge in [0.2, 0.25) is 0 Å². The lowest BCUT2D eigenvalue weighted by atomic mass is 10.2. The van der Waals surface area contributed by atoms with Crippen LogP contribution in [-0.4, -0.2) is 32.2 Å². The molecule has 7 nitrogen and oxygen atoms in total. The Hall–Kier alpha value is -3.65. The molecule has 0 radical (unpaired) electrons. The fourth-order valence-electron chi connectivity index (χ4n) is 2.68. The zero-order chi connectivity index (χ0) is 21.6. The number of para-hydroxylation sites is 1. The Labute approximate surface area is 175 Å². The number of hydrogen-bond acceptors (Lipinski definition) is 5. The summed E-state index contributed by atoms with van der Waals surface area (Å²) in [5.74, 6) is -0.606. The predicted octanol–water partition coefficient (Wildman–Crippen LogP) is 3.05. The highest BCUT2D eigenvalue weighted by molar-refractivity contribution is 7.92. The van der Waals surface area contributed by atoms with Crippen molar-refractivity contribution < 1.29 is 18.3 Å². The summed E-state index contributed by atoms with van der Waals surface area (Å²) in [6.45, 7) is 1.43. The lowest BCUT2D eigenvalue weighted by Crippen LogP contribution is -2.39. The molecule has 3 rings (SSSR count). The molecule has 3 aromatic rings.